The topological polar surface area (TPSA) is 66.4 Å². The Morgan fingerprint density at radius 1 is 1.44 bits per heavy atom. The molecule has 0 aliphatic heterocycles. The molecule has 1 atom stereocenters. The number of hydrogen-bond donors (Lipinski definition) is 2. The summed E-state index contributed by atoms with van der Waals surface area (Å²) in [4.78, 5) is 22.9. The fraction of sp³-hybridized carbons (Fsp3) is 0.286. The molecule has 96 valence electrons. The van der Waals surface area contributed by atoms with Crippen LogP contribution < -0.4 is 5.32 Å². The van der Waals surface area contributed by atoms with E-state index in [1.165, 1.54) is 0 Å². The highest BCUT2D eigenvalue weighted by Crippen LogP contribution is 2.05. The van der Waals surface area contributed by atoms with E-state index in [2.05, 4.69) is 5.32 Å². The van der Waals surface area contributed by atoms with Crippen LogP contribution in [0.2, 0.25) is 0 Å². The largest absolute Gasteiger partial charge is 0.480 e. The Morgan fingerprint density at radius 2 is 2.17 bits per heavy atom. The van der Waals surface area contributed by atoms with Crippen LogP contribution in [0.15, 0.2) is 36.4 Å². The second kappa shape index (κ2) is 6.59. The molecule has 1 aromatic rings. The third-order valence-corrected chi connectivity index (χ3v) is 2.49. The highest BCUT2D eigenvalue weighted by molar-refractivity contribution is 5.96. The fourth-order valence-electron chi connectivity index (χ4n) is 1.52. The monoisotopic (exact) mass is 247 g/mol. The number of hydrogen-bond acceptors (Lipinski definition) is 2. The highest BCUT2D eigenvalue weighted by atomic mass is 16.4. The second-order valence-electron chi connectivity index (χ2n) is 4.04. The molecule has 4 heteroatoms. The first kappa shape index (κ1) is 14.0. The summed E-state index contributed by atoms with van der Waals surface area (Å²) in [6.45, 7) is 3.69. The normalized spacial score (nSPS) is 12.3. The predicted molar refractivity (Wildman–Crippen MR) is 69.5 cm³/mol. The van der Waals surface area contributed by atoms with E-state index in [1.807, 2.05) is 13.0 Å². The molecule has 0 spiro atoms. The minimum atomic E-state index is -1.03. The van der Waals surface area contributed by atoms with Gasteiger partial charge in [0.15, 0.2) is 0 Å². The highest BCUT2D eigenvalue weighted by Gasteiger charge is 2.19. The molecule has 1 rings (SSSR count). The molecule has 2 N–H and O–H groups in total. The van der Waals surface area contributed by atoms with Crippen molar-refractivity contribution in [3.63, 3.8) is 0 Å². The van der Waals surface area contributed by atoms with Crippen molar-refractivity contribution in [2.75, 3.05) is 0 Å². The minimum absolute atomic E-state index is 0.281. The van der Waals surface area contributed by atoms with Crippen molar-refractivity contribution in [1.29, 1.82) is 0 Å². The summed E-state index contributed by atoms with van der Waals surface area (Å²) in [5.74, 6) is -1.40. The van der Waals surface area contributed by atoms with Crippen LogP contribution in [0.3, 0.4) is 0 Å². The SMILES string of the molecule is C/C=C/CC(NC(=O)c1cccc(C)c1)C(=O)O. The number of allylic oxidation sites excluding steroid dienone is 1. The molecule has 18 heavy (non-hydrogen) atoms. The minimum Gasteiger partial charge on any atom is -0.480 e. The molecule has 0 saturated heterocycles. The van der Waals surface area contributed by atoms with Gasteiger partial charge in [-0.3, -0.25) is 4.79 Å². The molecule has 0 heterocycles. The summed E-state index contributed by atoms with van der Waals surface area (Å²) in [5.41, 5.74) is 1.43. The number of carboxylic acid groups (broad SMARTS) is 1. The Bertz CT molecular complexity index is 466. The number of carbonyl (C=O) groups excluding carboxylic acids is 1. The Hall–Kier alpha value is -2.10. The first-order valence-corrected chi connectivity index (χ1v) is 5.76. The van der Waals surface area contributed by atoms with Crippen molar-refractivity contribution in [1.82, 2.24) is 5.32 Å². The molecule has 0 fully saturated rings. The lowest BCUT2D eigenvalue weighted by atomic mass is 10.1. The van der Waals surface area contributed by atoms with Gasteiger partial charge in [-0.1, -0.05) is 29.8 Å². The van der Waals surface area contributed by atoms with Gasteiger partial charge in [-0.15, -0.1) is 0 Å². The van der Waals surface area contributed by atoms with E-state index in [0.29, 0.717) is 5.56 Å². The van der Waals surface area contributed by atoms with E-state index in [1.54, 1.807) is 37.3 Å². The van der Waals surface area contributed by atoms with E-state index >= 15 is 0 Å². The molecule has 1 aromatic carbocycles. The molecule has 0 bridgehead atoms. The molecular weight excluding hydrogens is 230 g/mol. The summed E-state index contributed by atoms with van der Waals surface area (Å²) in [6.07, 6.45) is 3.76. The van der Waals surface area contributed by atoms with Crippen molar-refractivity contribution in [2.45, 2.75) is 26.3 Å². The van der Waals surface area contributed by atoms with E-state index < -0.39 is 12.0 Å². The van der Waals surface area contributed by atoms with Crippen LogP contribution in [0.1, 0.15) is 29.3 Å². The molecule has 0 aromatic heterocycles. The number of aryl methyl sites for hydroxylation is 1. The molecule has 0 aliphatic rings. The first-order valence-electron chi connectivity index (χ1n) is 5.76. The maximum atomic E-state index is 11.9. The van der Waals surface area contributed by atoms with E-state index in [4.69, 9.17) is 5.11 Å². The van der Waals surface area contributed by atoms with Crippen LogP contribution in [0.25, 0.3) is 0 Å². The Labute approximate surface area is 106 Å². The van der Waals surface area contributed by atoms with Crippen LogP contribution in [-0.4, -0.2) is 23.0 Å². The fourth-order valence-corrected chi connectivity index (χ4v) is 1.52. The number of amides is 1. The van der Waals surface area contributed by atoms with E-state index in [9.17, 15) is 9.59 Å². The van der Waals surface area contributed by atoms with Crippen LogP contribution in [-0.2, 0) is 4.79 Å². The van der Waals surface area contributed by atoms with E-state index in [0.717, 1.165) is 5.56 Å². The number of rotatable bonds is 5. The molecule has 1 amide bonds. The van der Waals surface area contributed by atoms with Gasteiger partial charge in [-0.05, 0) is 32.4 Å². The van der Waals surface area contributed by atoms with Gasteiger partial charge in [0, 0.05) is 5.56 Å². The molecule has 0 radical (unpaired) electrons. The Morgan fingerprint density at radius 3 is 2.72 bits per heavy atom. The predicted octanol–water partition coefficient (Wildman–Crippen LogP) is 2.14. The number of benzene rings is 1. The summed E-state index contributed by atoms with van der Waals surface area (Å²) < 4.78 is 0. The maximum absolute atomic E-state index is 11.9. The van der Waals surface area contributed by atoms with Crippen molar-refractivity contribution in [3.8, 4) is 0 Å². The zero-order valence-corrected chi connectivity index (χ0v) is 10.5. The van der Waals surface area contributed by atoms with Gasteiger partial charge in [0.2, 0.25) is 0 Å². The first-order chi connectivity index (χ1) is 8.54. The molecule has 1 unspecified atom stereocenters. The van der Waals surface area contributed by atoms with Crippen LogP contribution >= 0.6 is 0 Å². The summed E-state index contributed by atoms with van der Waals surface area (Å²) in [7, 11) is 0. The van der Waals surface area contributed by atoms with Gasteiger partial charge in [0.05, 0.1) is 0 Å². The average molecular weight is 247 g/mol. The molecular formula is C14H17NO3. The van der Waals surface area contributed by atoms with Crippen LogP contribution in [0, 0.1) is 6.92 Å². The van der Waals surface area contributed by atoms with Crippen molar-refractivity contribution in [3.05, 3.63) is 47.5 Å². The zero-order chi connectivity index (χ0) is 13.5. The van der Waals surface area contributed by atoms with Gasteiger partial charge in [0.25, 0.3) is 5.91 Å². The Kier molecular flexibility index (Phi) is 5.11. The molecule has 0 saturated carbocycles. The lowest BCUT2D eigenvalue weighted by molar-refractivity contribution is -0.139. The van der Waals surface area contributed by atoms with Crippen molar-refractivity contribution < 1.29 is 14.7 Å². The van der Waals surface area contributed by atoms with Crippen LogP contribution in [0.4, 0.5) is 0 Å². The number of aliphatic carboxylic acids is 1. The summed E-state index contributed by atoms with van der Waals surface area (Å²) >= 11 is 0. The van der Waals surface area contributed by atoms with E-state index in [-0.39, 0.29) is 12.3 Å². The number of carbonyl (C=O) groups is 2. The standard InChI is InChI=1S/C14H17NO3/c1-3-4-8-12(14(17)18)15-13(16)11-7-5-6-10(2)9-11/h3-7,9,12H,8H2,1-2H3,(H,15,16)(H,17,18)/b4-3+. The molecule has 4 nitrogen and oxygen atoms in total. The number of nitrogens with one attached hydrogen (secondary N) is 1. The van der Waals surface area contributed by atoms with Crippen molar-refractivity contribution in [2.24, 2.45) is 0 Å². The zero-order valence-electron chi connectivity index (χ0n) is 10.5. The van der Waals surface area contributed by atoms with Crippen molar-refractivity contribution >= 4 is 11.9 Å². The van der Waals surface area contributed by atoms with Gasteiger partial charge in [-0.25, -0.2) is 4.79 Å². The smallest absolute Gasteiger partial charge is 0.326 e. The molecule has 0 aliphatic carbocycles. The van der Waals surface area contributed by atoms with Gasteiger partial charge in [0.1, 0.15) is 6.04 Å². The quantitative estimate of drug-likeness (QED) is 0.783. The Balaban J connectivity index is 2.75. The third kappa shape index (κ3) is 4.05. The summed E-state index contributed by atoms with van der Waals surface area (Å²) in [5, 5.41) is 11.5. The maximum Gasteiger partial charge on any atom is 0.326 e. The third-order valence-electron chi connectivity index (χ3n) is 2.49. The van der Waals surface area contributed by atoms with Gasteiger partial charge in [-0.2, -0.15) is 0 Å². The second-order valence-corrected chi connectivity index (χ2v) is 4.04. The summed E-state index contributed by atoms with van der Waals surface area (Å²) in [6, 6.07) is 6.15. The van der Waals surface area contributed by atoms with Gasteiger partial charge < -0.3 is 10.4 Å². The van der Waals surface area contributed by atoms with Gasteiger partial charge >= 0.3 is 5.97 Å². The number of carboxylic acids is 1. The average Bonchev–Trinajstić information content (AvgIpc) is 2.33. The lowest BCUT2D eigenvalue weighted by Crippen LogP contribution is -2.40. The lowest BCUT2D eigenvalue weighted by Gasteiger charge is -2.12. The van der Waals surface area contributed by atoms with Crippen LogP contribution in [0.5, 0.6) is 0 Å².